The monoisotopic (exact) mass is 2210 g/mol. The number of ketones is 2. The minimum Gasteiger partial charge on any atom is -0.478 e. The molecule has 0 spiro atoms. The van der Waals surface area contributed by atoms with Crippen molar-refractivity contribution in [3.05, 3.63) is 358 Å². The van der Waals surface area contributed by atoms with E-state index in [0.717, 1.165) is 72.0 Å². The second kappa shape index (κ2) is 46.7. The first-order chi connectivity index (χ1) is 70.2. The van der Waals surface area contributed by atoms with Crippen LogP contribution in [0.15, 0.2) is 297 Å². The summed E-state index contributed by atoms with van der Waals surface area (Å²) in [7, 11) is 0. The largest absolute Gasteiger partial charge is 0.478 e. The number of aromatic carboxylic acids is 3. The predicted octanol–water partition coefficient (Wildman–Crippen LogP) is 28.1. The van der Waals surface area contributed by atoms with Crippen molar-refractivity contribution in [1.82, 2.24) is 44.3 Å². The Kier molecular flexibility index (Phi) is 33.2. The summed E-state index contributed by atoms with van der Waals surface area (Å²) in [6, 6.07) is 87.8. The summed E-state index contributed by atoms with van der Waals surface area (Å²) >= 11 is 42.9. The Balaban J connectivity index is 0.000000120. The molecule has 0 radical (unpaired) electrons. The molecule has 34 heteroatoms. The number of halogens is 6. The molecule has 23 rings (SSSR count). The van der Waals surface area contributed by atoms with Crippen LogP contribution in [0.3, 0.4) is 0 Å². The van der Waals surface area contributed by atoms with Crippen LogP contribution in [0, 0.1) is 4.77 Å². The lowest BCUT2D eigenvalue weighted by Crippen LogP contribution is -2.13. The van der Waals surface area contributed by atoms with E-state index >= 15 is 0 Å². The van der Waals surface area contributed by atoms with Crippen LogP contribution >= 0.6 is 126 Å². The van der Waals surface area contributed by atoms with E-state index in [1.165, 1.54) is 201 Å². The van der Waals surface area contributed by atoms with Crippen molar-refractivity contribution in [1.29, 1.82) is 0 Å². The number of carboxylic acids is 3. The van der Waals surface area contributed by atoms with Crippen molar-refractivity contribution in [2.24, 2.45) is 4.99 Å². The molecule has 0 aliphatic heterocycles. The summed E-state index contributed by atoms with van der Waals surface area (Å²) in [5.41, 5.74) is 38.2. The quantitative estimate of drug-likeness (QED) is 0.00892. The molecule has 3 aromatic heterocycles. The number of isothiocyanates is 1. The zero-order chi connectivity index (χ0) is 102. The fraction of sp³-hybridized carbons (Fsp3) is 0.180. The highest BCUT2D eigenvalue weighted by atomic mass is 79.9. The number of thiocarbonyl (C=S) groups is 1. The van der Waals surface area contributed by atoms with Crippen LogP contribution < -0.4 is 28.3 Å². The van der Waals surface area contributed by atoms with E-state index in [9.17, 15) is 28.8 Å². The lowest BCUT2D eigenvalue weighted by molar-refractivity contribution is -0.116. The molecule has 0 atom stereocenters. The maximum absolute atomic E-state index is 12.7. The number of fused-ring (bicyclic) bond motifs is 6. The number of anilines is 5. The number of thioether (sulfide) groups is 2. The highest BCUT2D eigenvalue weighted by Crippen LogP contribution is 2.50. The van der Waals surface area contributed by atoms with E-state index in [4.69, 9.17) is 96.9 Å². The third-order valence-corrected chi connectivity index (χ3v) is 30.1. The predicted molar refractivity (Wildman–Crippen MR) is 597 cm³/mol. The number of nitrogens with zero attached hydrogens (tertiary/aromatic N) is 9. The third kappa shape index (κ3) is 24.9. The Bertz CT molecular complexity index is 7930. The van der Waals surface area contributed by atoms with Crippen molar-refractivity contribution in [2.45, 2.75) is 117 Å². The number of carbonyl (C=O) groups excluding carboxylic acids is 3. The Morgan fingerprint density at radius 3 is 1.17 bits per heavy atom. The molecule has 0 unspecified atom stereocenters. The normalized spacial score (nSPS) is 13.3. The standard InChI is InChI=1S/C25H19BrClN3O3S.C25H21ClN4O3S.C15H14N4S.C14H11NS.C13H13N.C10H8BrN.C9H7Cl2NO3/c26-24-28-29-25(34-13-17(31)11-15-7-8-16(23(32)33)12-21(15)27)30(24)22-10-9-18(14-5-6-14)19-3-1-2-4-20(19)22;26-21-12-16(23(32)33)8-7-15(21)11-17(31)13-34-25-29-28-24(27)30(25)22-10-9-18(14-5-6-14)19-3-1-2-4-20(19)22;16-14-17-18-15(20)19(14)13-8-7-10(9-5-6-9)11-3-1-2-4-12(11)13;16-9-15-14-8-7-11(10-5-6-10)12-3-1-2-4-13(12)14;14-13-8-7-10(9-5-6-9)11-3-1-2-4-12(11)13;11-9-5-6-10(12)8-4-2-1-3-7(8)9;10-4-8(13)12-7-2-1-5(9(14)15)3-6(7)11/h1-4,7-10,12,14H,5-6,11,13H2,(H,32,33);1-4,7-10,12,14H,5-6,11,13H2,(H2,27,28)(H,32,33);1-4,7-9H,5-6H2,(H2,16,17)(H,18,20);1-4,7-8,10H,5-6H2;1-4,7-9H,5-6,14H2;1-6H,12H2;1-3H,4H2,(H,12,13)(H,14,15). The van der Waals surface area contributed by atoms with Gasteiger partial charge in [-0.2, -0.15) is 4.99 Å². The van der Waals surface area contributed by atoms with Gasteiger partial charge in [-0.1, -0.05) is 262 Å². The third-order valence-electron chi connectivity index (χ3n) is 25.3. The average Bonchev–Trinajstić information content (AvgIpc) is 1.70. The number of aliphatic imine (C=N–C) groups is 1. The Labute approximate surface area is 889 Å². The van der Waals surface area contributed by atoms with Crippen molar-refractivity contribution < 1.29 is 44.1 Å². The Morgan fingerprint density at radius 2 is 0.766 bits per heavy atom. The molecule has 145 heavy (non-hydrogen) atoms. The highest BCUT2D eigenvalue weighted by Gasteiger charge is 2.32. The molecule has 0 bridgehead atoms. The summed E-state index contributed by atoms with van der Waals surface area (Å²) in [5.74, 6) is 0.574. The molecular weight excluding hydrogens is 2120 g/mol. The summed E-state index contributed by atoms with van der Waals surface area (Å²) in [6.45, 7) is 0. The maximum Gasteiger partial charge on any atom is 0.335 e. The molecular formula is C111H93Br2Cl4N15O9S4. The van der Waals surface area contributed by atoms with E-state index in [2.05, 4.69) is 236 Å². The van der Waals surface area contributed by atoms with Crippen LogP contribution in [0.2, 0.25) is 15.1 Å². The van der Waals surface area contributed by atoms with E-state index in [1.54, 1.807) is 21.3 Å². The topological polar surface area (TPSA) is 387 Å². The summed E-state index contributed by atoms with van der Waals surface area (Å²) in [4.78, 5) is 73.1. The molecule has 15 aromatic carbocycles. The molecule has 5 fully saturated rings. The lowest BCUT2D eigenvalue weighted by atomic mass is 9.99. The zero-order valence-corrected chi connectivity index (χ0v) is 87.0. The number of aromatic amines is 1. The second-order valence-corrected chi connectivity index (χ2v) is 40.8. The summed E-state index contributed by atoms with van der Waals surface area (Å²) in [5, 5.41) is 71.4. The first-order valence-corrected chi connectivity index (χ1v) is 52.5. The number of hydrogen-bond acceptors (Lipinski definition) is 20. The number of H-pyrrole nitrogens is 1. The van der Waals surface area contributed by atoms with Gasteiger partial charge in [0.25, 0.3) is 0 Å². The van der Waals surface area contributed by atoms with E-state index in [0.29, 0.717) is 60.3 Å². The van der Waals surface area contributed by atoms with Gasteiger partial charge in [0.05, 0.1) is 66.8 Å². The van der Waals surface area contributed by atoms with Gasteiger partial charge in [0.1, 0.15) is 17.4 Å². The number of nitrogens with one attached hydrogen (secondary N) is 2. The van der Waals surface area contributed by atoms with Gasteiger partial charge in [-0.15, -0.1) is 37.1 Å². The van der Waals surface area contributed by atoms with Crippen molar-refractivity contribution in [2.75, 3.05) is 45.6 Å². The molecule has 1 amide bonds. The van der Waals surface area contributed by atoms with Crippen LogP contribution in [0.1, 0.15) is 164 Å². The number of carboxylic acid groups (broad SMARTS) is 3. The average molecular weight is 2210 g/mol. The lowest BCUT2D eigenvalue weighted by Gasteiger charge is -2.14. The number of benzene rings is 15. The number of amides is 1. The SMILES string of the molecule is Nc1ccc(Br)c2ccccc12.Nc1ccc(C2CC2)c2ccccc12.Nc1n[nH]c(=S)n1-c1ccc(C2CC2)c2ccccc12.Nc1nnc(SCC(=O)Cc2ccc(C(=O)O)cc2Cl)n1-c1ccc(C2CC2)c2ccccc12.O=C(CCl)Nc1ccc(C(=O)O)cc1Cl.O=C(CSc1nnc(Br)n1-c1ccc(C2CC2)c2ccccc12)Cc1ccc(C(=O)O)cc1Cl.S=C=Nc1ccc(C2CC2)c2ccccc12. The molecule has 5 aliphatic rings. The van der Waals surface area contributed by atoms with Crippen molar-refractivity contribution in [3.8, 4) is 17.1 Å². The number of Topliss-reactive ketones (excluding diaryl/α,β-unsaturated/α-hetero) is 2. The van der Waals surface area contributed by atoms with Crippen LogP contribution in [0.25, 0.3) is 81.7 Å². The first-order valence-electron chi connectivity index (χ1n) is 46.5. The molecule has 0 saturated heterocycles. The summed E-state index contributed by atoms with van der Waals surface area (Å²) < 4.78 is 7.67. The first kappa shape index (κ1) is 103. The van der Waals surface area contributed by atoms with Crippen LogP contribution in [0.5, 0.6) is 0 Å². The smallest absolute Gasteiger partial charge is 0.335 e. The van der Waals surface area contributed by atoms with Gasteiger partial charge in [0.15, 0.2) is 10.3 Å². The van der Waals surface area contributed by atoms with Gasteiger partial charge in [0.2, 0.25) is 27.3 Å². The number of alkyl halides is 1. The highest BCUT2D eigenvalue weighted by molar-refractivity contribution is 9.10. The number of nitrogens with two attached hydrogens (primary N) is 4. The van der Waals surface area contributed by atoms with Gasteiger partial charge in [-0.25, -0.2) is 19.5 Å². The fourth-order valence-electron chi connectivity index (χ4n) is 17.4. The minimum atomic E-state index is -1.08. The molecule has 5 aliphatic carbocycles. The minimum absolute atomic E-state index is 0.0467. The van der Waals surface area contributed by atoms with E-state index in [1.807, 2.05) is 77.4 Å². The molecule has 24 nitrogen and oxygen atoms in total. The summed E-state index contributed by atoms with van der Waals surface area (Å²) in [6.07, 6.45) is 13.0. The molecule has 5 saturated carbocycles. The van der Waals surface area contributed by atoms with Crippen LogP contribution in [-0.2, 0) is 27.2 Å². The fourth-order valence-corrected chi connectivity index (χ4v) is 21.2. The number of nitrogen functional groups attached to an aromatic ring is 4. The number of carbonyl (C=O) groups is 6. The Morgan fingerprint density at radius 1 is 0.414 bits per heavy atom. The number of rotatable bonds is 24. The van der Waals surface area contributed by atoms with E-state index < -0.39 is 23.8 Å². The second-order valence-electron chi connectivity index (χ2n) is 35.3. The maximum atomic E-state index is 12.7. The number of aromatic nitrogens is 9. The van der Waals surface area contributed by atoms with Gasteiger partial charge in [0, 0.05) is 71.1 Å². The molecule has 732 valence electrons. The van der Waals surface area contributed by atoms with Crippen LogP contribution in [0.4, 0.5) is 34.6 Å². The zero-order valence-electron chi connectivity index (χ0n) is 77.5. The van der Waals surface area contributed by atoms with Crippen LogP contribution in [-0.4, -0.2) is 118 Å². The number of hydrogen-bond donors (Lipinski definition) is 9. The molecule has 13 N–H and O–H groups in total. The molecule has 18 aromatic rings. The van der Waals surface area contributed by atoms with Gasteiger partial charge in [-0.05, 0) is 290 Å². The van der Waals surface area contributed by atoms with Gasteiger partial charge in [-0.3, -0.25) is 28.1 Å². The molecule has 3 heterocycles. The van der Waals surface area contributed by atoms with Gasteiger partial charge >= 0.3 is 17.9 Å². The van der Waals surface area contributed by atoms with Crippen molar-refractivity contribution >= 4 is 266 Å². The Hall–Kier alpha value is -13.5. The van der Waals surface area contributed by atoms with Gasteiger partial charge < -0.3 is 43.6 Å². The van der Waals surface area contributed by atoms with E-state index in [-0.39, 0.29) is 79.5 Å². The van der Waals surface area contributed by atoms with Crippen molar-refractivity contribution in [3.63, 3.8) is 0 Å².